The third-order valence-corrected chi connectivity index (χ3v) is 12.7. The summed E-state index contributed by atoms with van der Waals surface area (Å²) in [6, 6.07) is 74.5. The number of para-hydroxylation sites is 4. The molecule has 3 heterocycles. The average molecular weight is 759 g/mol. The summed E-state index contributed by atoms with van der Waals surface area (Å²) in [6.07, 6.45) is 0. The second kappa shape index (κ2) is 13.1. The fourth-order valence-corrected chi connectivity index (χ4v) is 10.0. The molecule has 0 aliphatic heterocycles. The van der Waals surface area contributed by atoms with E-state index in [9.17, 15) is 0 Å². The maximum absolute atomic E-state index is 6.25. The van der Waals surface area contributed by atoms with Crippen LogP contribution in [0.5, 0.6) is 0 Å². The van der Waals surface area contributed by atoms with Crippen LogP contribution in [0.15, 0.2) is 211 Å². The summed E-state index contributed by atoms with van der Waals surface area (Å²) in [5, 5.41) is 7.31. The Morgan fingerprint density at radius 2 is 0.948 bits per heavy atom. The number of aromatic nitrogens is 1. The lowest BCUT2D eigenvalue weighted by Crippen LogP contribution is -2.09. The zero-order chi connectivity index (χ0) is 38.2. The number of benzene rings is 9. The molecule has 0 saturated carbocycles. The molecule has 0 fully saturated rings. The highest BCUT2D eigenvalue weighted by Gasteiger charge is 2.19. The Hall–Kier alpha value is -7.40. The van der Waals surface area contributed by atoms with Crippen LogP contribution in [0, 0.1) is 0 Å². The summed E-state index contributed by atoms with van der Waals surface area (Å²) in [4.78, 5) is 2.37. The number of hydrogen-bond acceptors (Lipinski definition) is 3. The van der Waals surface area contributed by atoms with Crippen molar-refractivity contribution in [3.05, 3.63) is 206 Å². The van der Waals surface area contributed by atoms with Crippen molar-refractivity contribution < 1.29 is 4.42 Å². The van der Waals surface area contributed by atoms with Gasteiger partial charge in [-0.2, -0.15) is 0 Å². The first kappa shape index (κ1) is 32.8. The smallest absolute Gasteiger partial charge is 0.135 e. The Labute approximate surface area is 338 Å². The molecule has 9 aromatic carbocycles. The first-order chi connectivity index (χ1) is 28.7. The van der Waals surface area contributed by atoms with E-state index in [2.05, 4.69) is 204 Å². The maximum Gasteiger partial charge on any atom is 0.135 e. The fourth-order valence-electron chi connectivity index (χ4n) is 8.92. The van der Waals surface area contributed by atoms with Crippen molar-refractivity contribution in [2.75, 3.05) is 4.90 Å². The van der Waals surface area contributed by atoms with E-state index in [1.165, 1.54) is 64.4 Å². The molecule has 0 N–H and O–H groups in total. The van der Waals surface area contributed by atoms with Crippen molar-refractivity contribution in [1.82, 2.24) is 4.57 Å². The fraction of sp³-hybridized carbons (Fsp3) is 0. The van der Waals surface area contributed by atoms with E-state index in [-0.39, 0.29) is 0 Å². The summed E-state index contributed by atoms with van der Waals surface area (Å²) in [5.41, 5.74) is 13.3. The number of hydrogen-bond donors (Lipinski definition) is 0. The molecule has 12 rings (SSSR count). The molecule has 3 aromatic heterocycles. The van der Waals surface area contributed by atoms with E-state index in [0.29, 0.717) is 0 Å². The molecule has 0 amide bonds. The van der Waals surface area contributed by atoms with Crippen molar-refractivity contribution in [1.29, 1.82) is 0 Å². The van der Waals surface area contributed by atoms with Crippen LogP contribution in [0.4, 0.5) is 17.1 Å². The molecule has 3 nitrogen and oxygen atoms in total. The third kappa shape index (κ3) is 5.19. The van der Waals surface area contributed by atoms with Gasteiger partial charge in [0.1, 0.15) is 11.2 Å². The predicted octanol–water partition coefficient (Wildman–Crippen LogP) is 15.9. The predicted molar refractivity (Wildman–Crippen MR) is 247 cm³/mol. The second-order valence-corrected chi connectivity index (χ2v) is 16.0. The van der Waals surface area contributed by atoms with Crippen molar-refractivity contribution >= 4 is 92.3 Å². The second-order valence-electron chi connectivity index (χ2n) is 14.9. The molecule has 0 aliphatic carbocycles. The minimum absolute atomic E-state index is 0.888. The van der Waals surface area contributed by atoms with Gasteiger partial charge in [-0.05, 0) is 102 Å². The normalized spacial score (nSPS) is 11.8. The van der Waals surface area contributed by atoms with Crippen LogP contribution in [0.1, 0.15) is 0 Å². The molecule has 0 radical (unpaired) electrons. The molecule has 0 unspecified atom stereocenters. The van der Waals surface area contributed by atoms with E-state index in [1.54, 1.807) is 0 Å². The minimum atomic E-state index is 0.888. The van der Waals surface area contributed by atoms with Crippen molar-refractivity contribution in [3.63, 3.8) is 0 Å². The van der Waals surface area contributed by atoms with Gasteiger partial charge >= 0.3 is 0 Å². The Morgan fingerprint density at radius 3 is 1.76 bits per heavy atom. The Kier molecular flexibility index (Phi) is 7.40. The van der Waals surface area contributed by atoms with Gasteiger partial charge in [-0.3, -0.25) is 0 Å². The summed E-state index contributed by atoms with van der Waals surface area (Å²) in [6.45, 7) is 0. The Balaban J connectivity index is 0.968. The van der Waals surface area contributed by atoms with Crippen LogP contribution in [0.2, 0.25) is 0 Å². The summed E-state index contributed by atoms with van der Waals surface area (Å²) >= 11 is 1.85. The monoisotopic (exact) mass is 758 g/mol. The SMILES string of the molecule is c1cc(-c2ccc(N(c3ccc4oc5ccccc5c4c3)c3ccc4sc5ccccc5c4c3)cc2)cc(-c2ccccc2-n2c3ccccc3c3ccccc32)c1. The van der Waals surface area contributed by atoms with Crippen molar-refractivity contribution in [2.24, 2.45) is 0 Å². The molecular weight excluding hydrogens is 725 g/mol. The molecule has 12 aromatic rings. The van der Waals surface area contributed by atoms with Crippen LogP contribution in [-0.4, -0.2) is 4.57 Å². The molecule has 0 spiro atoms. The Bertz CT molecular complexity index is 3370. The topological polar surface area (TPSA) is 21.3 Å². The van der Waals surface area contributed by atoms with E-state index in [0.717, 1.165) is 44.6 Å². The summed E-state index contributed by atoms with van der Waals surface area (Å²) < 4.78 is 11.3. The van der Waals surface area contributed by atoms with Crippen molar-refractivity contribution in [3.8, 4) is 27.9 Å². The van der Waals surface area contributed by atoms with E-state index >= 15 is 0 Å². The quantitative estimate of drug-likeness (QED) is 0.168. The standard InChI is InChI=1S/C54H34N2OS/c1-6-19-48(56-49-20-7-2-15-42(49)43-16-3-8-21-50(43)56)41(14-1)37-13-11-12-36(32-37)35-24-26-38(27-25-35)55(39-28-30-52-46(33-39)44-17-4-9-22-51(44)57-52)40-29-31-54-47(34-40)45-18-5-10-23-53(45)58-54/h1-34H. The number of furan rings is 1. The highest BCUT2D eigenvalue weighted by molar-refractivity contribution is 7.25. The van der Waals surface area contributed by atoms with Crippen molar-refractivity contribution in [2.45, 2.75) is 0 Å². The molecule has 58 heavy (non-hydrogen) atoms. The molecule has 0 saturated heterocycles. The van der Waals surface area contributed by atoms with Gasteiger partial charge in [0.05, 0.1) is 16.7 Å². The number of anilines is 3. The van der Waals surface area contributed by atoms with Gasteiger partial charge in [0, 0.05) is 64.3 Å². The summed E-state index contributed by atoms with van der Waals surface area (Å²) in [5.74, 6) is 0. The lowest BCUT2D eigenvalue weighted by atomic mass is 9.97. The van der Waals surface area contributed by atoms with Crippen LogP contribution >= 0.6 is 11.3 Å². The van der Waals surface area contributed by atoms with Crippen LogP contribution in [0.3, 0.4) is 0 Å². The molecule has 4 heteroatoms. The van der Waals surface area contributed by atoms with Gasteiger partial charge < -0.3 is 13.9 Å². The Morgan fingerprint density at radius 1 is 0.362 bits per heavy atom. The molecular formula is C54H34N2OS. The molecule has 0 aliphatic rings. The van der Waals surface area contributed by atoms with E-state index in [4.69, 9.17) is 4.42 Å². The van der Waals surface area contributed by atoms with Gasteiger partial charge in [-0.25, -0.2) is 0 Å². The molecule has 272 valence electrons. The number of nitrogens with zero attached hydrogens (tertiary/aromatic N) is 2. The first-order valence-electron chi connectivity index (χ1n) is 19.7. The minimum Gasteiger partial charge on any atom is -0.456 e. The van der Waals surface area contributed by atoms with Gasteiger partial charge in [0.2, 0.25) is 0 Å². The zero-order valence-electron chi connectivity index (χ0n) is 31.3. The van der Waals surface area contributed by atoms with E-state index < -0.39 is 0 Å². The van der Waals surface area contributed by atoms with Crippen LogP contribution in [-0.2, 0) is 0 Å². The number of rotatable bonds is 6. The van der Waals surface area contributed by atoms with Gasteiger partial charge in [-0.1, -0.05) is 121 Å². The molecule has 0 atom stereocenters. The lowest BCUT2D eigenvalue weighted by molar-refractivity contribution is 0.669. The van der Waals surface area contributed by atoms with Gasteiger partial charge in [-0.15, -0.1) is 11.3 Å². The zero-order valence-corrected chi connectivity index (χ0v) is 32.2. The summed E-state index contributed by atoms with van der Waals surface area (Å²) in [7, 11) is 0. The average Bonchev–Trinajstić information content (AvgIpc) is 3.96. The lowest BCUT2D eigenvalue weighted by Gasteiger charge is -2.26. The first-order valence-corrected chi connectivity index (χ1v) is 20.5. The van der Waals surface area contributed by atoms with E-state index in [1.807, 2.05) is 23.5 Å². The maximum atomic E-state index is 6.25. The van der Waals surface area contributed by atoms with Crippen LogP contribution in [0.25, 0.3) is 91.9 Å². The third-order valence-electron chi connectivity index (χ3n) is 11.6. The van der Waals surface area contributed by atoms with Gasteiger partial charge in [0.25, 0.3) is 0 Å². The number of fused-ring (bicyclic) bond motifs is 9. The highest BCUT2D eigenvalue weighted by atomic mass is 32.1. The van der Waals surface area contributed by atoms with Gasteiger partial charge in [0.15, 0.2) is 0 Å². The molecule has 0 bridgehead atoms. The largest absolute Gasteiger partial charge is 0.456 e. The highest BCUT2D eigenvalue weighted by Crippen LogP contribution is 2.43. The number of thiophene rings is 1. The van der Waals surface area contributed by atoms with Crippen LogP contribution < -0.4 is 4.90 Å².